The van der Waals surface area contributed by atoms with Crippen LogP contribution in [0, 0.1) is 5.92 Å². The lowest BCUT2D eigenvalue weighted by Gasteiger charge is -2.05. The van der Waals surface area contributed by atoms with Crippen LogP contribution in [0.5, 0.6) is 5.75 Å². The Morgan fingerprint density at radius 3 is 2.40 bits per heavy atom. The average Bonchev–Trinajstić information content (AvgIpc) is 3.23. The molecule has 3 rings (SSSR count). The summed E-state index contributed by atoms with van der Waals surface area (Å²) in [6.07, 6.45) is 0.851. The maximum Gasteiger partial charge on any atom is 0.228 e. The second-order valence-electron chi connectivity index (χ2n) is 5.04. The van der Waals surface area contributed by atoms with Gasteiger partial charge in [-0.2, -0.15) is 0 Å². The summed E-state index contributed by atoms with van der Waals surface area (Å²) >= 11 is 5.81. The van der Waals surface area contributed by atoms with Crippen LogP contribution in [-0.4, -0.2) is 11.0 Å². The van der Waals surface area contributed by atoms with Gasteiger partial charge >= 0.3 is 0 Å². The van der Waals surface area contributed by atoms with Crippen LogP contribution in [0.1, 0.15) is 17.9 Å². The molecule has 0 aromatic heterocycles. The van der Waals surface area contributed by atoms with E-state index in [1.54, 1.807) is 36.4 Å². The Kier molecular flexibility index (Phi) is 3.36. The first-order valence-corrected chi connectivity index (χ1v) is 6.86. The SMILES string of the molecule is O=C(Nc1ccc(Cl)cc1)C1CC1c1ccc(O)cc1. The van der Waals surface area contributed by atoms with Crippen molar-refractivity contribution in [2.24, 2.45) is 5.92 Å². The van der Waals surface area contributed by atoms with Gasteiger partial charge in [0.05, 0.1) is 0 Å². The molecule has 0 aliphatic heterocycles. The number of rotatable bonds is 3. The molecular formula is C16H14ClNO2. The highest BCUT2D eigenvalue weighted by Gasteiger charge is 2.43. The van der Waals surface area contributed by atoms with Gasteiger partial charge in [0.1, 0.15) is 5.75 Å². The van der Waals surface area contributed by atoms with Crippen LogP contribution >= 0.6 is 11.6 Å². The molecule has 0 spiro atoms. The molecule has 1 aliphatic rings. The van der Waals surface area contributed by atoms with E-state index in [9.17, 15) is 9.90 Å². The maximum atomic E-state index is 12.1. The number of carbonyl (C=O) groups excluding carboxylic acids is 1. The van der Waals surface area contributed by atoms with E-state index in [2.05, 4.69) is 5.32 Å². The summed E-state index contributed by atoms with van der Waals surface area (Å²) in [7, 11) is 0. The summed E-state index contributed by atoms with van der Waals surface area (Å²) < 4.78 is 0. The Labute approximate surface area is 122 Å². The molecule has 0 heterocycles. The maximum absolute atomic E-state index is 12.1. The summed E-state index contributed by atoms with van der Waals surface area (Å²) in [4.78, 5) is 12.1. The quantitative estimate of drug-likeness (QED) is 0.902. The van der Waals surface area contributed by atoms with Gasteiger partial charge in [0.15, 0.2) is 0 Å². The van der Waals surface area contributed by atoms with Crippen LogP contribution in [0.25, 0.3) is 0 Å². The van der Waals surface area contributed by atoms with Gasteiger partial charge < -0.3 is 10.4 Å². The molecule has 2 N–H and O–H groups in total. The Bertz CT molecular complexity index is 622. The highest BCUT2D eigenvalue weighted by molar-refractivity contribution is 6.30. The monoisotopic (exact) mass is 287 g/mol. The van der Waals surface area contributed by atoms with Gasteiger partial charge in [0.25, 0.3) is 0 Å². The number of hydrogen-bond acceptors (Lipinski definition) is 2. The summed E-state index contributed by atoms with van der Waals surface area (Å²) in [5.74, 6) is 0.542. The summed E-state index contributed by atoms with van der Waals surface area (Å²) in [6, 6.07) is 14.1. The molecule has 0 radical (unpaired) electrons. The molecule has 0 bridgehead atoms. The molecule has 1 saturated carbocycles. The third-order valence-electron chi connectivity index (χ3n) is 3.56. The Balaban J connectivity index is 1.62. The summed E-state index contributed by atoms with van der Waals surface area (Å²) in [5, 5.41) is 12.8. The first kappa shape index (κ1) is 13.0. The number of halogens is 1. The van der Waals surface area contributed by atoms with Gasteiger partial charge in [-0.15, -0.1) is 0 Å². The van der Waals surface area contributed by atoms with Crippen molar-refractivity contribution in [3.63, 3.8) is 0 Å². The van der Waals surface area contributed by atoms with Gasteiger partial charge in [-0.25, -0.2) is 0 Å². The van der Waals surface area contributed by atoms with E-state index >= 15 is 0 Å². The first-order valence-electron chi connectivity index (χ1n) is 6.49. The number of benzene rings is 2. The first-order chi connectivity index (χ1) is 9.63. The molecule has 2 aromatic rings. The smallest absolute Gasteiger partial charge is 0.228 e. The predicted molar refractivity (Wildman–Crippen MR) is 79.0 cm³/mol. The second-order valence-corrected chi connectivity index (χ2v) is 5.47. The molecule has 20 heavy (non-hydrogen) atoms. The van der Waals surface area contributed by atoms with E-state index in [1.165, 1.54) is 0 Å². The van der Waals surface area contributed by atoms with E-state index in [4.69, 9.17) is 11.6 Å². The van der Waals surface area contributed by atoms with Crippen LogP contribution in [0.4, 0.5) is 5.69 Å². The van der Waals surface area contributed by atoms with E-state index < -0.39 is 0 Å². The molecule has 2 unspecified atom stereocenters. The van der Waals surface area contributed by atoms with Crippen molar-refractivity contribution >= 4 is 23.2 Å². The normalized spacial score (nSPS) is 20.4. The topological polar surface area (TPSA) is 49.3 Å². The molecule has 1 amide bonds. The Hall–Kier alpha value is -2.00. The van der Waals surface area contributed by atoms with Crippen molar-refractivity contribution in [2.75, 3.05) is 5.32 Å². The number of phenolic OH excluding ortho intramolecular Hbond substituents is 1. The number of carbonyl (C=O) groups is 1. The average molecular weight is 288 g/mol. The zero-order chi connectivity index (χ0) is 14.1. The molecule has 2 aromatic carbocycles. The lowest BCUT2D eigenvalue weighted by atomic mass is 10.1. The minimum absolute atomic E-state index is 0.00946. The van der Waals surface area contributed by atoms with E-state index in [-0.39, 0.29) is 23.5 Å². The van der Waals surface area contributed by atoms with Gasteiger partial charge in [0.2, 0.25) is 5.91 Å². The van der Waals surface area contributed by atoms with Gasteiger partial charge in [-0.05, 0) is 54.3 Å². The van der Waals surface area contributed by atoms with E-state index in [0.29, 0.717) is 5.02 Å². The van der Waals surface area contributed by atoms with Crippen molar-refractivity contribution in [3.8, 4) is 5.75 Å². The number of anilines is 1. The van der Waals surface area contributed by atoms with Crippen molar-refractivity contribution in [2.45, 2.75) is 12.3 Å². The van der Waals surface area contributed by atoms with Crippen LogP contribution in [0.3, 0.4) is 0 Å². The number of amides is 1. The Morgan fingerprint density at radius 1 is 1.10 bits per heavy atom. The minimum atomic E-state index is 0.00946. The molecule has 0 saturated heterocycles. The fourth-order valence-electron chi connectivity index (χ4n) is 2.34. The third-order valence-corrected chi connectivity index (χ3v) is 3.81. The van der Waals surface area contributed by atoms with E-state index in [0.717, 1.165) is 17.7 Å². The fraction of sp³-hybridized carbons (Fsp3) is 0.188. The van der Waals surface area contributed by atoms with Crippen LogP contribution in [0.15, 0.2) is 48.5 Å². The molecule has 1 aliphatic carbocycles. The van der Waals surface area contributed by atoms with Crippen molar-refractivity contribution < 1.29 is 9.90 Å². The number of phenols is 1. The Morgan fingerprint density at radius 2 is 1.75 bits per heavy atom. The number of aromatic hydroxyl groups is 1. The molecule has 2 atom stereocenters. The standard InChI is InChI=1S/C16H14ClNO2/c17-11-3-5-12(6-4-11)18-16(20)15-9-14(15)10-1-7-13(19)8-2-10/h1-8,14-15,19H,9H2,(H,18,20). The third kappa shape index (κ3) is 2.78. The largest absolute Gasteiger partial charge is 0.508 e. The van der Waals surface area contributed by atoms with Crippen molar-refractivity contribution in [3.05, 3.63) is 59.1 Å². The highest BCUT2D eigenvalue weighted by Crippen LogP contribution is 2.48. The van der Waals surface area contributed by atoms with Crippen LogP contribution in [-0.2, 0) is 4.79 Å². The van der Waals surface area contributed by atoms with Crippen molar-refractivity contribution in [1.82, 2.24) is 0 Å². The van der Waals surface area contributed by atoms with Gasteiger partial charge in [-0.1, -0.05) is 23.7 Å². The van der Waals surface area contributed by atoms with E-state index in [1.807, 2.05) is 12.1 Å². The van der Waals surface area contributed by atoms with Crippen molar-refractivity contribution in [1.29, 1.82) is 0 Å². The zero-order valence-electron chi connectivity index (χ0n) is 10.7. The summed E-state index contributed by atoms with van der Waals surface area (Å²) in [6.45, 7) is 0. The van der Waals surface area contributed by atoms with Gasteiger partial charge in [-0.3, -0.25) is 4.79 Å². The predicted octanol–water partition coefficient (Wildman–Crippen LogP) is 3.79. The zero-order valence-corrected chi connectivity index (χ0v) is 11.5. The lowest BCUT2D eigenvalue weighted by molar-refractivity contribution is -0.117. The van der Waals surface area contributed by atoms with Crippen LogP contribution < -0.4 is 5.32 Å². The molecule has 4 heteroatoms. The molecule has 1 fully saturated rings. The van der Waals surface area contributed by atoms with Gasteiger partial charge in [0, 0.05) is 16.6 Å². The fourth-order valence-corrected chi connectivity index (χ4v) is 2.47. The number of hydrogen-bond donors (Lipinski definition) is 2. The summed E-state index contributed by atoms with van der Waals surface area (Å²) in [5.41, 5.74) is 1.86. The lowest BCUT2D eigenvalue weighted by Crippen LogP contribution is -2.14. The molecular weight excluding hydrogens is 274 g/mol. The molecule has 3 nitrogen and oxygen atoms in total. The minimum Gasteiger partial charge on any atom is -0.508 e. The molecule has 102 valence electrons. The number of nitrogens with one attached hydrogen (secondary N) is 1. The van der Waals surface area contributed by atoms with Crippen LogP contribution in [0.2, 0.25) is 5.02 Å². The highest BCUT2D eigenvalue weighted by atomic mass is 35.5. The second kappa shape index (κ2) is 5.17.